The van der Waals surface area contributed by atoms with Crippen LogP contribution in [0.1, 0.15) is 12.8 Å². The van der Waals surface area contributed by atoms with E-state index in [0.29, 0.717) is 35.6 Å². The van der Waals surface area contributed by atoms with Gasteiger partial charge in [0.05, 0.1) is 24.9 Å². The summed E-state index contributed by atoms with van der Waals surface area (Å²) in [5.41, 5.74) is 7.63. The Kier molecular flexibility index (Phi) is 4.17. The number of hydrogen-bond donors (Lipinski definition) is 2. The van der Waals surface area contributed by atoms with Crippen LogP contribution >= 0.6 is 0 Å². The van der Waals surface area contributed by atoms with Crippen molar-refractivity contribution in [1.29, 1.82) is 0 Å². The fourth-order valence-corrected chi connectivity index (χ4v) is 2.41. The van der Waals surface area contributed by atoms with E-state index in [0.717, 1.165) is 6.42 Å². The van der Waals surface area contributed by atoms with Crippen LogP contribution in [0.15, 0.2) is 24.4 Å². The molecular formula is C15H18N4O3. The van der Waals surface area contributed by atoms with Crippen molar-refractivity contribution in [2.75, 3.05) is 19.0 Å². The number of ether oxygens (including phenoxy) is 2. The minimum Gasteiger partial charge on any atom is -0.481 e. The van der Waals surface area contributed by atoms with Gasteiger partial charge in [0.1, 0.15) is 11.6 Å². The Morgan fingerprint density at radius 3 is 3.00 bits per heavy atom. The van der Waals surface area contributed by atoms with E-state index in [1.165, 1.54) is 0 Å². The minimum absolute atomic E-state index is 0.0109. The molecule has 1 aliphatic heterocycles. The quantitative estimate of drug-likeness (QED) is 0.880. The summed E-state index contributed by atoms with van der Waals surface area (Å²) in [7, 11) is 1.54. The third kappa shape index (κ3) is 3.00. The molecule has 3 heterocycles. The molecule has 22 heavy (non-hydrogen) atoms. The Morgan fingerprint density at radius 1 is 1.41 bits per heavy atom. The Morgan fingerprint density at radius 2 is 2.27 bits per heavy atom. The Hall–Kier alpha value is -2.25. The highest BCUT2D eigenvalue weighted by molar-refractivity contribution is 6.01. The second-order valence-corrected chi connectivity index (χ2v) is 5.23. The second-order valence-electron chi connectivity index (χ2n) is 5.23. The summed E-state index contributed by atoms with van der Waals surface area (Å²) in [6, 6.07) is 5.25. The maximum Gasteiger partial charge on any atom is 0.253 e. The maximum absolute atomic E-state index is 12.3. The number of hydrogen-bond acceptors (Lipinski definition) is 6. The van der Waals surface area contributed by atoms with Crippen LogP contribution in [0.3, 0.4) is 0 Å². The first-order valence-corrected chi connectivity index (χ1v) is 7.15. The van der Waals surface area contributed by atoms with Gasteiger partial charge in [0, 0.05) is 18.3 Å². The number of carbonyl (C=O) groups excluding carboxylic acids is 1. The third-order valence-corrected chi connectivity index (χ3v) is 3.63. The summed E-state index contributed by atoms with van der Waals surface area (Å²) in [6.45, 7) is 0.404. The number of anilines is 1. The standard InChI is InChI=1S/C15H18N4O3/c1-21-13-5-3-10-14(19-13)11(6-7-17-10)18-15(20)12-4-2-9(16)8-22-12/h3,5-7,9,12H,2,4,8,16H2,1H3,(H,17,18,20)/t9-,12+/m1/s1. The average molecular weight is 302 g/mol. The number of pyridine rings is 2. The molecule has 2 aromatic heterocycles. The van der Waals surface area contributed by atoms with Crippen LogP contribution < -0.4 is 15.8 Å². The van der Waals surface area contributed by atoms with Crippen molar-refractivity contribution in [2.24, 2.45) is 5.73 Å². The van der Waals surface area contributed by atoms with Crippen LogP contribution in [0.2, 0.25) is 0 Å². The van der Waals surface area contributed by atoms with Gasteiger partial charge in [-0.2, -0.15) is 0 Å². The van der Waals surface area contributed by atoms with Gasteiger partial charge in [-0.1, -0.05) is 0 Å². The number of aromatic nitrogens is 2. The average Bonchev–Trinajstić information content (AvgIpc) is 2.55. The first kappa shape index (κ1) is 14.7. The fourth-order valence-electron chi connectivity index (χ4n) is 2.41. The highest BCUT2D eigenvalue weighted by Gasteiger charge is 2.25. The van der Waals surface area contributed by atoms with E-state index < -0.39 is 6.10 Å². The topological polar surface area (TPSA) is 99.4 Å². The second kappa shape index (κ2) is 6.25. The van der Waals surface area contributed by atoms with Crippen LogP contribution in [0, 0.1) is 0 Å². The molecule has 3 rings (SSSR count). The molecule has 0 aliphatic carbocycles. The number of nitrogens with one attached hydrogen (secondary N) is 1. The molecule has 0 spiro atoms. The van der Waals surface area contributed by atoms with Gasteiger partial charge >= 0.3 is 0 Å². The molecule has 7 nitrogen and oxygen atoms in total. The first-order chi connectivity index (χ1) is 10.7. The van der Waals surface area contributed by atoms with Gasteiger partial charge in [-0.25, -0.2) is 4.98 Å². The van der Waals surface area contributed by atoms with Crippen LogP contribution in [0.4, 0.5) is 5.69 Å². The van der Waals surface area contributed by atoms with E-state index in [9.17, 15) is 4.79 Å². The molecule has 1 aliphatic rings. The normalized spacial score (nSPS) is 21.5. The number of nitrogens with two attached hydrogens (primary N) is 1. The molecule has 1 amide bonds. The molecule has 2 atom stereocenters. The molecule has 0 bridgehead atoms. The third-order valence-electron chi connectivity index (χ3n) is 3.63. The summed E-state index contributed by atoms with van der Waals surface area (Å²) in [5.74, 6) is 0.278. The Bertz CT molecular complexity index is 684. The van der Waals surface area contributed by atoms with Gasteiger partial charge in [-0.05, 0) is 25.0 Å². The van der Waals surface area contributed by atoms with Crippen LogP contribution in [0.25, 0.3) is 11.0 Å². The number of methoxy groups -OCH3 is 1. The van der Waals surface area contributed by atoms with Crippen LogP contribution in [-0.4, -0.2) is 41.7 Å². The fraction of sp³-hybridized carbons (Fsp3) is 0.400. The van der Waals surface area contributed by atoms with E-state index in [1.54, 1.807) is 31.5 Å². The van der Waals surface area contributed by atoms with Gasteiger partial charge < -0.3 is 20.5 Å². The zero-order valence-corrected chi connectivity index (χ0v) is 12.3. The van der Waals surface area contributed by atoms with Crippen LogP contribution in [-0.2, 0) is 9.53 Å². The number of fused-ring (bicyclic) bond motifs is 1. The van der Waals surface area contributed by atoms with E-state index >= 15 is 0 Å². The van der Waals surface area contributed by atoms with Crippen molar-refractivity contribution in [1.82, 2.24) is 9.97 Å². The molecule has 3 N–H and O–H groups in total. The highest BCUT2D eigenvalue weighted by Crippen LogP contribution is 2.23. The number of amides is 1. The highest BCUT2D eigenvalue weighted by atomic mass is 16.5. The largest absolute Gasteiger partial charge is 0.481 e. The molecule has 0 saturated carbocycles. The van der Waals surface area contributed by atoms with Gasteiger partial charge in [0.15, 0.2) is 0 Å². The number of rotatable bonds is 3. The lowest BCUT2D eigenvalue weighted by Crippen LogP contribution is -2.41. The minimum atomic E-state index is -0.478. The number of nitrogens with zero attached hydrogens (tertiary/aromatic N) is 2. The summed E-state index contributed by atoms with van der Waals surface area (Å²) >= 11 is 0. The monoisotopic (exact) mass is 302 g/mol. The lowest BCUT2D eigenvalue weighted by Gasteiger charge is -2.25. The Balaban J connectivity index is 1.82. The van der Waals surface area contributed by atoms with Crippen molar-refractivity contribution in [3.63, 3.8) is 0 Å². The van der Waals surface area contributed by atoms with Gasteiger partial charge in [0.25, 0.3) is 5.91 Å². The van der Waals surface area contributed by atoms with Gasteiger partial charge in [0.2, 0.25) is 5.88 Å². The molecule has 0 radical (unpaired) electrons. The zero-order valence-electron chi connectivity index (χ0n) is 12.3. The van der Waals surface area contributed by atoms with Crippen molar-refractivity contribution < 1.29 is 14.3 Å². The maximum atomic E-state index is 12.3. The predicted octanol–water partition coefficient (Wildman–Crippen LogP) is 1.08. The molecule has 1 fully saturated rings. The van der Waals surface area contributed by atoms with Crippen LogP contribution in [0.5, 0.6) is 5.88 Å². The molecule has 0 unspecified atom stereocenters. The Labute approximate surface area is 127 Å². The zero-order chi connectivity index (χ0) is 15.5. The first-order valence-electron chi connectivity index (χ1n) is 7.15. The van der Waals surface area contributed by atoms with Gasteiger partial charge in [-0.3, -0.25) is 9.78 Å². The molecule has 0 aromatic carbocycles. The van der Waals surface area contributed by atoms with E-state index in [4.69, 9.17) is 15.2 Å². The molecule has 2 aromatic rings. The summed E-state index contributed by atoms with van der Waals surface area (Å²) in [4.78, 5) is 20.9. The van der Waals surface area contributed by atoms with Crippen molar-refractivity contribution in [3.05, 3.63) is 24.4 Å². The van der Waals surface area contributed by atoms with E-state index in [1.807, 2.05) is 0 Å². The molecule has 7 heteroatoms. The van der Waals surface area contributed by atoms with Crippen molar-refractivity contribution in [3.8, 4) is 5.88 Å². The smallest absolute Gasteiger partial charge is 0.253 e. The van der Waals surface area contributed by atoms with Gasteiger partial charge in [-0.15, -0.1) is 0 Å². The SMILES string of the molecule is COc1ccc2nccc(NC(=O)[C@@H]3CC[C@@H](N)CO3)c2n1. The van der Waals surface area contributed by atoms with E-state index in [2.05, 4.69) is 15.3 Å². The summed E-state index contributed by atoms with van der Waals surface area (Å²) in [5, 5.41) is 2.86. The molecule has 116 valence electrons. The summed E-state index contributed by atoms with van der Waals surface area (Å²) < 4.78 is 10.6. The number of carbonyl (C=O) groups is 1. The molecule has 1 saturated heterocycles. The lowest BCUT2D eigenvalue weighted by molar-refractivity contribution is -0.130. The van der Waals surface area contributed by atoms with Crippen molar-refractivity contribution in [2.45, 2.75) is 25.0 Å². The molecular weight excluding hydrogens is 284 g/mol. The lowest BCUT2D eigenvalue weighted by atomic mass is 10.1. The summed E-state index contributed by atoms with van der Waals surface area (Å²) in [6.07, 6.45) is 2.55. The van der Waals surface area contributed by atoms with Crippen molar-refractivity contribution >= 4 is 22.6 Å². The predicted molar refractivity (Wildman–Crippen MR) is 81.7 cm³/mol. The van der Waals surface area contributed by atoms with E-state index in [-0.39, 0.29) is 11.9 Å².